The highest BCUT2D eigenvalue weighted by Gasteiger charge is 2.19. The molecule has 0 fully saturated rings. The van der Waals surface area contributed by atoms with Gasteiger partial charge in [-0.15, -0.1) is 0 Å². The van der Waals surface area contributed by atoms with Crippen LogP contribution in [0.3, 0.4) is 0 Å². The molecule has 0 spiro atoms. The van der Waals surface area contributed by atoms with Crippen LogP contribution in [0.2, 0.25) is 0 Å². The second kappa shape index (κ2) is 7.28. The van der Waals surface area contributed by atoms with Gasteiger partial charge in [0.05, 0.1) is 11.7 Å². The highest BCUT2D eigenvalue weighted by atomic mass is 32.2. The molecule has 1 unspecified atom stereocenters. The van der Waals surface area contributed by atoms with E-state index in [4.69, 9.17) is 0 Å². The van der Waals surface area contributed by atoms with Crippen LogP contribution in [0.5, 0.6) is 0 Å². The molecule has 0 aliphatic carbocycles. The van der Waals surface area contributed by atoms with E-state index >= 15 is 0 Å². The average Bonchev–Trinajstić information content (AvgIpc) is 2.38. The van der Waals surface area contributed by atoms with Crippen LogP contribution in [0.4, 0.5) is 0 Å². The van der Waals surface area contributed by atoms with Crippen molar-refractivity contribution in [3.05, 3.63) is 35.9 Å². The van der Waals surface area contributed by atoms with Crippen LogP contribution in [0.1, 0.15) is 25.3 Å². The lowest BCUT2D eigenvalue weighted by molar-refractivity contribution is -0.141. The van der Waals surface area contributed by atoms with E-state index in [1.807, 2.05) is 30.3 Å². The summed E-state index contributed by atoms with van der Waals surface area (Å²) in [5, 5.41) is 9.17. The van der Waals surface area contributed by atoms with Gasteiger partial charge < -0.3 is 5.11 Å². The Kier molecular flexibility index (Phi) is 6.02. The molecule has 1 aromatic carbocycles. The summed E-state index contributed by atoms with van der Waals surface area (Å²) >= 11 is 0. The number of hydrogen-bond donors (Lipinski definition) is 1. The number of hydrogen-bond acceptors (Lipinski definition) is 3. The molecule has 0 radical (unpaired) electrons. The van der Waals surface area contributed by atoms with Gasteiger partial charge in [-0.05, 0) is 24.8 Å². The van der Waals surface area contributed by atoms with Crippen LogP contribution in [0.25, 0.3) is 0 Å². The molecule has 0 bridgehead atoms. The minimum atomic E-state index is -3.01. The van der Waals surface area contributed by atoms with E-state index in [0.717, 1.165) is 5.56 Å². The molecular formula is C14H20O4S. The van der Waals surface area contributed by atoms with E-state index < -0.39 is 21.7 Å². The Balaban J connectivity index is 2.53. The number of carboxylic acids is 1. The average molecular weight is 284 g/mol. The second-order valence-corrected chi connectivity index (χ2v) is 7.08. The Morgan fingerprint density at radius 1 is 1.26 bits per heavy atom. The summed E-state index contributed by atoms with van der Waals surface area (Å²) in [6.45, 7) is 1.61. The lowest BCUT2D eigenvalue weighted by atomic mass is 9.95. The van der Waals surface area contributed by atoms with Crippen molar-refractivity contribution in [2.45, 2.75) is 26.2 Å². The van der Waals surface area contributed by atoms with Crippen molar-refractivity contribution >= 4 is 15.8 Å². The van der Waals surface area contributed by atoms with Gasteiger partial charge in [0.15, 0.2) is 0 Å². The van der Waals surface area contributed by atoms with Crippen molar-refractivity contribution in [2.24, 2.45) is 5.92 Å². The molecule has 5 heteroatoms. The molecule has 1 rings (SSSR count). The SMILES string of the molecule is CCS(=O)(=O)CCCC(Cc1ccccc1)C(=O)O. The lowest BCUT2D eigenvalue weighted by Crippen LogP contribution is -2.18. The van der Waals surface area contributed by atoms with Gasteiger partial charge in [0.2, 0.25) is 0 Å². The first kappa shape index (κ1) is 15.7. The molecule has 0 amide bonds. The van der Waals surface area contributed by atoms with Crippen LogP contribution in [-0.4, -0.2) is 31.0 Å². The number of benzene rings is 1. The van der Waals surface area contributed by atoms with Crippen molar-refractivity contribution < 1.29 is 18.3 Å². The van der Waals surface area contributed by atoms with Gasteiger partial charge in [0.1, 0.15) is 9.84 Å². The second-order valence-electron chi connectivity index (χ2n) is 4.60. The summed E-state index contributed by atoms with van der Waals surface area (Å²) in [5.41, 5.74) is 0.966. The molecule has 0 saturated heterocycles. The summed E-state index contributed by atoms with van der Waals surface area (Å²) in [4.78, 5) is 11.2. The van der Waals surface area contributed by atoms with Crippen molar-refractivity contribution in [2.75, 3.05) is 11.5 Å². The summed E-state index contributed by atoms with van der Waals surface area (Å²) in [7, 11) is -3.01. The number of aliphatic carboxylic acids is 1. The van der Waals surface area contributed by atoms with Crippen molar-refractivity contribution in [1.82, 2.24) is 0 Å². The molecule has 1 N–H and O–H groups in total. The standard InChI is InChI=1S/C14H20O4S/c1-2-19(17,18)10-6-9-13(14(15)16)11-12-7-4-3-5-8-12/h3-5,7-8,13H,2,6,9-11H2,1H3,(H,15,16). The molecular weight excluding hydrogens is 264 g/mol. The molecule has 0 heterocycles. The van der Waals surface area contributed by atoms with Crippen molar-refractivity contribution in [1.29, 1.82) is 0 Å². The summed E-state index contributed by atoms with van der Waals surface area (Å²) in [5.74, 6) is -1.20. The Morgan fingerprint density at radius 2 is 1.89 bits per heavy atom. The zero-order valence-electron chi connectivity index (χ0n) is 11.1. The van der Waals surface area contributed by atoms with Crippen molar-refractivity contribution in [3.8, 4) is 0 Å². The molecule has 0 aromatic heterocycles. The van der Waals surface area contributed by atoms with Gasteiger partial charge >= 0.3 is 5.97 Å². The topological polar surface area (TPSA) is 71.4 Å². The monoisotopic (exact) mass is 284 g/mol. The third-order valence-electron chi connectivity index (χ3n) is 3.12. The maximum Gasteiger partial charge on any atom is 0.306 e. The van der Waals surface area contributed by atoms with E-state index in [-0.39, 0.29) is 11.5 Å². The zero-order valence-corrected chi connectivity index (χ0v) is 11.9. The Hall–Kier alpha value is -1.36. The van der Waals surface area contributed by atoms with E-state index in [1.54, 1.807) is 6.92 Å². The van der Waals surface area contributed by atoms with E-state index in [2.05, 4.69) is 0 Å². The summed E-state index contributed by atoms with van der Waals surface area (Å²) < 4.78 is 22.7. The third kappa shape index (κ3) is 5.87. The Bertz CT molecular complexity index is 493. The van der Waals surface area contributed by atoms with Crippen LogP contribution >= 0.6 is 0 Å². The summed E-state index contributed by atoms with van der Waals surface area (Å²) in [6.07, 6.45) is 1.24. The van der Waals surface area contributed by atoms with Crippen LogP contribution < -0.4 is 0 Å². The first-order valence-corrected chi connectivity index (χ1v) is 8.24. The number of rotatable bonds is 8. The molecule has 0 aliphatic heterocycles. The summed E-state index contributed by atoms with van der Waals surface area (Å²) in [6, 6.07) is 9.40. The predicted octanol–water partition coefficient (Wildman–Crippen LogP) is 2.14. The minimum absolute atomic E-state index is 0.0715. The maximum atomic E-state index is 11.4. The fourth-order valence-corrected chi connectivity index (χ4v) is 2.80. The van der Waals surface area contributed by atoms with Crippen LogP contribution in [-0.2, 0) is 21.1 Å². The minimum Gasteiger partial charge on any atom is -0.481 e. The van der Waals surface area contributed by atoms with Gasteiger partial charge in [-0.3, -0.25) is 4.79 Å². The van der Waals surface area contributed by atoms with Crippen molar-refractivity contribution in [3.63, 3.8) is 0 Å². The largest absolute Gasteiger partial charge is 0.481 e. The molecule has 106 valence electrons. The van der Waals surface area contributed by atoms with Gasteiger partial charge in [-0.25, -0.2) is 8.42 Å². The first-order chi connectivity index (χ1) is 8.94. The number of carboxylic acid groups (broad SMARTS) is 1. The Labute approximate surface area is 114 Å². The molecule has 1 aromatic rings. The lowest BCUT2D eigenvalue weighted by Gasteiger charge is -2.12. The molecule has 19 heavy (non-hydrogen) atoms. The first-order valence-electron chi connectivity index (χ1n) is 6.41. The number of carbonyl (C=O) groups is 1. The fourth-order valence-electron chi connectivity index (χ4n) is 1.91. The molecule has 0 aliphatic rings. The van der Waals surface area contributed by atoms with E-state index in [9.17, 15) is 18.3 Å². The maximum absolute atomic E-state index is 11.4. The highest BCUT2D eigenvalue weighted by molar-refractivity contribution is 7.91. The molecule has 0 saturated carbocycles. The van der Waals surface area contributed by atoms with Gasteiger partial charge in [-0.1, -0.05) is 37.3 Å². The normalized spacial score (nSPS) is 13.1. The quantitative estimate of drug-likeness (QED) is 0.794. The predicted molar refractivity (Wildman–Crippen MR) is 74.8 cm³/mol. The zero-order chi connectivity index (χ0) is 14.3. The Morgan fingerprint density at radius 3 is 2.42 bits per heavy atom. The third-order valence-corrected chi connectivity index (χ3v) is 4.91. The smallest absolute Gasteiger partial charge is 0.306 e. The van der Waals surface area contributed by atoms with E-state index in [1.165, 1.54) is 0 Å². The fraction of sp³-hybridized carbons (Fsp3) is 0.500. The van der Waals surface area contributed by atoms with Gasteiger partial charge in [-0.2, -0.15) is 0 Å². The van der Waals surface area contributed by atoms with Crippen LogP contribution in [0, 0.1) is 5.92 Å². The molecule has 4 nitrogen and oxygen atoms in total. The van der Waals surface area contributed by atoms with Gasteiger partial charge in [0, 0.05) is 5.75 Å². The van der Waals surface area contributed by atoms with E-state index in [0.29, 0.717) is 19.3 Å². The molecule has 1 atom stereocenters. The number of sulfone groups is 1. The van der Waals surface area contributed by atoms with Crippen LogP contribution in [0.15, 0.2) is 30.3 Å². The highest BCUT2D eigenvalue weighted by Crippen LogP contribution is 2.15. The van der Waals surface area contributed by atoms with Gasteiger partial charge in [0.25, 0.3) is 0 Å².